The smallest absolute Gasteiger partial charge is 0.239 e. The summed E-state index contributed by atoms with van der Waals surface area (Å²) in [4.78, 5) is 22.1. The van der Waals surface area contributed by atoms with Crippen LogP contribution in [-0.4, -0.2) is 24.9 Å². The number of nitrogens with one attached hydrogen (secondary N) is 2. The van der Waals surface area contributed by atoms with Gasteiger partial charge < -0.3 is 16.4 Å². The number of halogens is 1. The third-order valence-electron chi connectivity index (χ3n) is 2.07. The largest absolute Gasteiger partial charge is 0.350 e. The average molecular weight is 256 g/mol. The van der Waals surface area contributed by atoms with Crippen molar-refractivity contribution in [1.82, 2.24) is 10.6 Å². The van der Waals surface area contributed by atoms with Crippen LogP contribution in [0, 0.1) is 0 Å². The summed E-state index contributed by atoms with van der Waals surface area (Å²) in [7, 11) is 0. The van der Waals surface area contributed by atoms with E-state index in [-0.39, 0.29) is 24.9 Å². The minimum absolute atomic E-state index is 0.0829. The molecule has 0 heterocycles. The number of hydrogen-bond acceptors (Lipinski definition) is 3. The second-order valence-electron chi connectivity index (χ2n) is 3.35. The number of benzene rings is 1. The Morgan fingerprint density at radius 3 is 2.53 bits per heavy atom. The normalized spacial score (nSPS) is 9.76. The van der Waals surface area contributed by atoms with E-state index in [1.54, 1.807) is 6.07 Å². The van der Waals surface area contributed by atoms with Gasteiger partial charge in [0.2, 0.25) is 11.8 Å². The zero-order valence-electron chi connectivity index (χ0n) is 9.20. The van der Waals surface area contributed by atoms with Crippen LogP contribution in [-0.2, 0) is 16.1 Å². The van der Waals surface area contributed by atoms with E-state index in [0.717, 1.165) is 5.56 Å². The Morgan fingerprint density at radius 2 is 1.88 bits per heavy atom. The van der Waals surface area contributed by atoms with E-state index >= 15 is 0 Å². The van der Waals surface area contributed by atoms with Crippen LogP contribution >= 0.6 is 11.6 Å². The zero-order chi connectivity index (χ0) is 12.7. The molecule has 0 atom stereocenters. The first kappa shape index (κ1) is 13.5. The summed E-state index contributed by atoms with van der Waals surface area (Å²) in [5.41, 5.74) is 5.91. The third kappa shape index (κ3) is 4.84. The van der Waals surface area contributed by atoms with Gasteiger partial charge in [-0.25, -0.2) is 0 Å². The molecular formula is C11H14ClN3O2. The maximum absolute atomic E-state index is 11.3. The van der Waals surface area contributed by atoms with Crippen LogP contribution in [0.4, 0.5) is 0 Å². The van der Waals surface area contributed by atoms with Gasteiger partial charge in [0.1, 0.15) is 0 Å². The Labute approximate surface area is 104 Å². The van der Waals surface area contributed by atoms with E-state index < -0.39 is 0 Å². The molecular weight excluding hydrogens is 242 g/mol. The van der Waals surface area contributed by atoms with Crippen LogP contribution in [0.3, 0.4) is 0 Å². The second-order valence-corrected chi connectivity index (χ2v) is 3.76. The second kappa shape index (κ2) is 6.88. The molecule has 1 rings (SSSR count). The predicted octanol–water partition coefficient (Wildman–Crippen LogP) is 0.0311. The Balaban J connectivity index is 2.34. The molecule has 0 aromatic heterocycles. The number of hydrogen-bond donors (Lipinski definition) is 3. The van der Waals surface area contributed by atoms with Gasteiger partial charge in [0.05, 0.1) is 13.1 Å². The number of carbonyl (C=O) groups is 2. The molecule has 6 heteroatoms. The van der Waals surface area contributed by atoms with Gasteiger partial charge in [0.15, 0.2) is 0 Å². The van der Waals surface area contributed by atoms with Gasteiger partial charge >= 0.3 is 0 Å². The molecule has 1 aromatic carbocycles. The number of carbonyl (C=O) groups excluding carboxylic acids is 2. The molecule has 0 aliphatic rings. The summed E-state index contributed by atoms with van der Waals surface area (Å²) in [6.07, 6.45) is 0. The molecule has 0 radical (unpaired) electrons. The van der Waals surface area contributed by atoms with Crippen molar-refractivity contribution in [3.63, 3.8) is 0 Å². The highest BCUT2D eigenvalue weighted by Crippen LogP contribution is 2.13. The van der Waals surface area contributed by atoms with E-state index in [1.807, 2.05) is 18.2 Å². The fourth-order valence-corrected chi connectivity index (χ4v) is 1.35. The summed E-state index contributed by atoms with van der Waals surface area (Å²) in [5, 5.41) is 5.61. The minimum atomic E-state index is -0.363. The van der Waals surface area contributed by atoms with Gasteiger partial charge in [-0.05, 0) is 11.6 Å². The highest BCUT2D eigenvalue weighted by molar-refractivity contribution is 6.31. The van der Waals surface area contributed by atoms with Crippen LogP contribution in [0.1, 0.15) is 5.56 Å². The summed E-state index contributed by atoms with van der Waals surface area (Å²) < 4.78 is 0. The molecule has 0 aliphatic heterocycles. The van der Waals surface area contributed by atoms with Crippen molar-refractivity contribution in [1.29, 1.82) is 0 Å². The molecule has 4 N–H and O–H groups in total. The standard InChI is InChI=1S/C11H14ClN3O2/c12-9-4-2-1-3-8(9)6-14-11(17)7-15-10(16)5-13/h1-4H,5-7,13H2,(H,14,17)(H,15,16). The molecule has 0 fully saturated rings. The molecule has 0 unspecified atom stereocenters. The van der Waals surface area contributed by atoms with E-state index in [4.69, 9.17) is 17.3 Å². The first-order valence-corrected chi connectivity index (χ1v) is 5.48. The zero-order valence-corrected chi connectivity index (χ0v) is 9.96. The van der Waals surface area contributed by atoms with Crippen LogP contribution in [0.5, 0.6) is 0 Å². The SMILES string of the molecule is NCC(=O)NCC(=O)NCc1ccccc1Cl. The first-order valence-electron chi connectivity index (χ1n) is 5.10. The van der Waals surface area contributed by atoms with E-state index in [9.17, 15) is 9.59 Å². The van der Waals surface area contributed by atoms with Crippen molar-refractivity contribution >= 4 is 23.4 Å². The van der Waals surface area contributed by atoms with E-state index in [2.05, 4.69) is 10.6 Å². The summed E-state index contributed by atoms with van der Waals surface area (Å²) in [6, 6.07) is 7.22. The molecule has 92 valence electrons. The lowest BCUT2D eigenvalue weighted by atomic mass is 10.2. The molecule has 1 aromatic rings. The Bertz CT molecular complexity index is 409. The van der Waals surface area contributed by atoms with Crippen LogP contribution < -0.4 is 16.4 Å². The van der Waals surface area contributed by atoms with Gasteiger partial charge in [-0.15, -0.1) is 0 Å². The molecule has 5 nitrogen and oxygen atoms in total. The van der Waals surface area contributed by atoms with E-state index in [0.29, 0.717) is 11.6 Å². The summed E-state index contributed by atoms with van der Waals surface area (Å²) >= 11 is 5.92. The monoisotopic (exact) mass is 255 g/mol. The van der Waals surface area contributed by atoms with Gasteiger partial charge in [-0.1, -0.05) is 29.8 Å². The third-order valence-corrected chi connectivity index (χ3v) is 2.43. The van der Waals surface area contributed by atoms with E-state index in [1.165, 1.54) is 0 Å². The van der Waals surface area contributed by atoms with Crippen molar-refractivity contribution in [2.75, 3.05) is 13.1 Å². The van der Waals surface area contributed by atoms with Gasteiger partial charge in [-0.2, -0.15) is 0 Å². The Morgan fingerprint density at radius 1 is 1.18 bits per heavy atom. The summed E-state index contributed by atoms with van der Waals surface area (Å²) in [6.45, 7) is 0.120. The van der Waals surface area contributed by atoms with Crippen molar-refractivity contribution in [3.8, 4) is 0 Å². The molecule has 17 heavy (non-hydrogen) atoms. The topological polar surface area (TPSA) is 84.2 Å². The van der Waals surface area contributed by atoms with Crippen molar-refractivity contribution in [3.05, 3.63) is 34.9 Å². The molecule has 0 bridgehead atoms. The number of amides is 2. The Kier molecular flexibility index (Phi) is 5.45. The van der Waals surface area contributed by atoms with Crippen LogP contribution in [0.25, 0.3) is 0 Å². The summed E-state index contributed by atoms with van der Waals surface area (Å²) in [5.74, 6) is -0.649. The highest BCUT2D eigenvalue weighted by Gasteiger charge is 2.04. The maximum atomic E-state index is 11.3. The lowest BCUT2D eigenvalue weighted by Crippen LogP contribution is -2.39. The average Bonchev–Trinajstić information content (AvgIpc) is 2.35. The van der Waals surface area contributed by atoms with Crippen molar-refractivity contribution in [2.24, 2.45) is 5.73 Å². The lowest BCUT2D eigenvalue weighted by Gasteiger charge is -2.07. The molecule has 0 aliphatic carbocycles. The minimum Gasteiger partial charge on any atom is -0.350 e. The predicted molar refractivity (Wildman–Crippen MR) is 65.4 cm³/mol. The maximum Gasteiger partial charge on any atom is 0.239 e. The van der Waals surface area contributed by atoms with Gasteiger partial charge in [0.25, 0.3) is 0 Å². The van der Waals surface area contributed by atoms with Crippen LogP contribution in [0.2, 0.25) is 5.02 Å². The number of nitrogens with two attached hydrogens (primary N) is 1. The number of rotatable bonds is 5. The van der Waals surface area contributed by atoms with Crippen molar-refractivity contribution in [2.45, 2.75) is 6.54 Å². The molecule has 2 amide bonds. The molecule has 0 saturated heterocycles. The highest BCUT2D eigenvalue weighted by atomic mass is 35.5. The van der Waals surface area contributed by atoms with Gasteiger partial charge in [-0.3, -0.25) is 9.59 Å². The first-order chi connectivity index (χ1) is 8.13. The Hall–Kier alpha value is -1.59. The van der Waals surface area contributed by atoms with Crippen molar-refractivity contribution < 1.29 is 9.59 Å². The van der Waals surface area contributed by atoms with Crippen LogP contribution in [0.15, 0.2) is 24.3 Å². The quantitative estimate of drug-likeness (QED) is 0.694. The fraction of sp³-hybridized carbons (Fsp3) is 0.273. The molecule has 0 spiro atoms. The fourth-order valence-electron chi connectivity index (χ4n) is 1.15. The molecule has 0 saturated carbocycles. The van der Waals surface area contributed by atoms with Gasteiger partial charge in [0, 0.05) is 11.6 Å². The lowest BCUT2D eigenvalue weighted by molar-refractivity contribution is -0.125.